The zero-order valence-corrected chi connectivity index (χ0v) is 6.78. The number of hydrogen-bond donors (Lipinski definition) is 1. The van der Waals surface area contributed by atoms with Gasteiger partial charge in [0.25, 0.3) is 0 Å². The van der Waals surface area contributed by atoms with Crippen LogP contribution in [0.2, 0.25) is 0 Å². The Labute approximate surface area is 73.6 Å². The lowest BCUT2D eigenvalue weighted by molar-refractivity contribution is 0.0681. The Morgan fingerprint density at radius 2 is 2.31 bits per heavy atom. The van der Waals surface area contributed by atoms with Gasteiger partial charge in [-0.25, -0.2) is 13.6 Å². The molecule has 1 aromatic rings. The fourth-order valence-electron chi connectivity index (χ4n) is 1.04. The van der Waals surface area contributed by atoms with Crippen LogP contribution in [0.1, 0.15) is 16.9 Å². The summed E-state index contributed by atoms with van der Waals surface area (Å²) >= 11 is 0. The highest BCUT2D eigenvalue weighted by Gasteiger charge is 2.09. The molecule has 0 aliphatic rings. The molecule has 0 fully saturated rings. The third-order valence-corrected chi connectivity index (χ3v) is 1.64. The van der Waals surface area contributed by atoms with Gasteiger partial charge in [-0.3, -0.25) is 0 Å². The third-order valence-electron chi connectivity index (χ3n) is 1.64. The van der Waals surface area contributed by atoms with Crippen molar-refractivity contribution >= 4 is 5.97 Å². The Bertz CT molecular complexity index is 296. The van der Waals surface area contributed by atoms with E-state index in [1.807, 2.05) is 0 Å². The number of aryl methyl sites for hydroxylation is 1. The van der Waals surface area contributed by atoms with E-state index in [4.69, 9.17) is 5.11 Å². The maximum atomic E-state index is 11.8. The minimum absolute atomic E-state index is 0.0340. The molecule has 5 heteroatoms. The Hall–Kier alpha value is -1.39. The number of rotatable bonds is 4. The fourth-order valence-corrected chi connectivity index (χ4v) is 1.04. The SMILES string of the molecule is O=C(O)c1cccn1CCC(F)F. The number of halogens is 2. The highest BCUT2D eigenvalue weighted by molar-refractivity contribution is 5.85. The van der Waals surface area contributed by atoms with E-state index in [0.717, 1.165) is 0 Å². The minimum atomic E-state index is -2.40. The van der Waals surface area contributed by atoms with Gasteiger partial charge in [0, 0.05) is 19.2 Å². The van der Waals surface area contributed by atoms with E-state index in [-0.39, 0.29) is 18.7 Å². The second kappa shape index (κ2) is 4.02. The van der Waals surface area contributed by atoms with Crippen LogP contribution in [0.4, 0.5) is 8.78 Å². The lowest BCUT2D eigenvalue weighted by atomic mass is 10.4. The van der Waals surface area contributed by atoms with E-state index in [2.05, 4.69) is 0 Å². The summed E-state index contributed by atoms with van der Waals surface area (Å²) in [5.41, 5.74) is 0.0423. The summed E-state index contributed by atoms with van der Waals surface area (Å²) in [7, 11) is 0. The van der Waals surface area contributed by atoms with Crippen molar-refractivity contribution in [1.82, 2.24) is 4.57 Å². The molecule has 0 unspecified atom stereocenters. The van der Waals surface area contributed by atoms with Crippen molar-refractivity contribution < 1.29 is 18.7 Å². The molecule has 0 spiro atoms. The predicted molar refractivity (Wildman–Crippen MR) is 42.0 cm³/mol. The van der Waals surface area contributed by atoms with Crippen LogP contribution >= 0.6 is 0 Å². The first-order valence-corrected chi connectivity index (χ1v) is 3.78. The molecule has 72 valence electrons. The standard InChI is InChI=1S/C8H9F2NO2/c9-7(10)3-5-11-4-1-2-6(11)8(12)13/h1-2,4,7H,3,5H2,(H,12,13). The molecule has 1 aromatic heterocycles. The molecule has 13 heavy (non-hydrogen) atoms. The summed E-state index contributed by atoms with van der Waals surface area (Å²) < 4.78 is 24.9. The van der Waals surface area contributed by atoms with Gasteiger partial charge in [-0.15, -0.1) is 0 Å². The molecular formula is C8H9F2NO2. The Balaban J connectivity index is 2.65. The second-order valence-electron chi connectivity index (χ2n) is 2.57. The molecule has 0 aliphatic heterocycles. The minimum Gasteiger partial charge on any atom is -0.477 e. The first-order valence-electron chi connectivity index (χ1n) is 3.78. The maximum Gasteiger partial charge on any atom is 0.352 e. The van der Waals surface area contributed by atoms with Crippen molar-refractivity contribution in [2.75, 3.05) is 0 Å². The highest BCUT2D eigenvalue weighted by atomic mass is 19.3. The van der Waals surface area contributed by atoms with Crippen molar-refractivity contribution in [2.24, 2.45) is 0 Å². The maximum absolute atomic E-state index is 11.8. The van der Waals surface area contributed by atoms with Crippen molar-refractivity contribution in [3.05, 3.63) is 24.0 Å². The lowest BCUT2D eigenvalue weighted by Gasteiger charge is -2.04. The molecule has 0 bridgehead atoms. The van der Waals surface area contributed by atoms with Crippen LogP contribution in [-0.4, -0.2) is 22.1 Å². The van der Waals surface area contributed by atoms with E-state index in [0.29, 0.717) is 0 Å². The monoisotopic (exact) mass is 189 g/mol. The third kappa shape index (κ3) is 2.54. The molecule has 0 saturated carbocycles. The number of aromatic carboxylic acids is 1. The van der Waals surface area contributed by atoms with E-state index < -0.39 is 12.4 Å². The second-order valence-corrected chi connectivity index (χ2v) is 2.57. The number of hydrogen-bond acceptors (Lipinski definition) is 1. The van der Waals surface area contributed by atoms with Gasteiger partial charge in [0.05, 0.1) is 0 Å². The van der Waals surface area contributed by atoms with E-state index >= 15 is 0 Å². The number of carboxylic acids is 1. The largest absolute Gasteiger partial charge is 0.477 e. The number of nitrogens with zero attached hydrogens (tertiary/aromatic N) is 1. The Kier molecular flexibility index (Phi) is 3.00. The van der Waals surface area contributed by atoms with Gasteiger partial charge in [0.2, 0.25) is 6.43 Å². The van der Waals surface area contributed by atoms with Crippen LogP contribution in [0.5, 0.6) is 0 Å². The van der Waals surface area contributed by atoms with Crippen LogP contribution in [-0.2, 0) is 6.54 Å². The summed E-state index contributed by atoms with van der Waals surface area (Å²) in [6.07, 6.45) is -1.25. The first-order chi connectivity index (χ1) is 6.11. The zero-order chi connectivity index (χ0) is 9.84. The van der Waals surface area contributed by atoms with Crippen molar-refractivity contribution in [3.63, 3.8) is 0 Å². The summed E-state index contributed by atoms with van der Waals surface area (Å²) in [4.78, 5) is 10.5. The molecule has 0 radical (unpaired) electrons. The summed E-state index contributed by atoms with van der Waals surface area (Å²) in [6, 6.07) is 2.91. The van der Waals surface area contributed by atoms with Crippen LogP contribution in [0.3, 0.4) is 0 Å². The van der Waals surface area contributed by atoms with Crippen LogP contribution in [0, 0.1) is 0 Å². The highest BCUT2D eigenvalue weighted by Crippen LogP contribution is 2.07. The lowest BCUT2D eigenvalue weighted by Crippen LogP contribution is -2.09. The molecule has 0 amide bonds. The fraction of sp³-hybridized carbons (Fsp3) is 0.375. The van der Waals surface area contributed by atoms with Gasteiger partial charge in [0.15, 0.2) is 0 Å². The zero-order valence-electron chi connectivity index (χ0n) is 6.78. The summed E-state index contributed by atoms with van der Waals surface area (Å²) in [6.45, 7) is 0.0340. The summed E-state index contributed by atoms with van der Waals surface area (Å²) in [5, 5.41) is 8.61. The quantitative estimate of drug-likeness (QED) is 0.785. The van der Waals surface area contributed by atoms with E-state index in [1.54, 1.807) is 0 Å². The van der Waals surface area contributed by atoms with Gasteiger partial charge in [-0.2, -0.15) is 0 Å². The smallest absolute Gasteiger partial charge is 0.352 e. The first kappa shape index (κ1) is 9.70. The molecular weight excluding hydrogens is 180 g/mol. The Morgan fingerprint density at radius 1 is 1.62 bits per heavy atom. The van der Waals surface area contributed by atoms with Crippen molar-refractivity contribution in [2.45, 2.75) is 19.4 Å². The van der Waals surface area contributed by atoms with Gasteiger partial charge in [0.1, 0.15) is 5.69 Å². The van der Waals surface area contributed by atoms with Gasteiger partial charge < -0.3 is 9.67 Å². The number of aromatic nitrogens is 1. The van der Waals surface area contributed by atoms with Crippen LogP contribution < -0.4 is 0 Å². The molecule has 0 atom stereocenters. The van der Waals surface area contributed by atoms with Crippen LogP contribution in [0.15, 0.2) is 18.3 Å². The number of carboxylic acid groups (broad SMARTS) is 1. The molecule has 3 nitrogen and oxygen atoms in total. The number of carbonyl (C=O) groups is 1. The number of alkyl halides is 2. The molecule has 0 saturated heterocycles. The van der Waals surface area contributed by atoms with Gasteiger partial charge in [-0.05, 0) is 12.1 Å². The molecule has 1 N–H and O–H groups in total. The summed E-state index contributed by atoms with van der Waals surface area (Å²) in [5.74, 6) is -1.10. The normalized spacial score (nSPS) is 10.7. The van der Waals surface area contributed by atoms with Crippen molar-refractivity contribution in [3.8, 4) is 0 Å². The van der Waals surface area contributed by atoms with Crippen LogP contribution in [0.25, 0.3) is 0 Å². The predicted octanol–water partition coefficient (Wildman–Crippen LogP) is 1.84. The Morgan fingerprint density at radius 3 is 2.85 bits per heavy atom. The molecule has 0 aliphatic carbocycles. The molecule has 1 heterocycles. The van der Waals surface area contributed by atoms with Crippen molar-refractivity contribution in [1.29, 1.82) is 0 Å². The molecule has 1 rings (SSSR count). The molecule has 0 aromatic carbocycles. The topological polar surface area (TPSA) is 42.2 Å². The average molecular weight is 189 g/mol. The van der Waals surface area contributed by atoms with Gasteiger partial charge in [-0.1, -0.05) is 0 Å². The van der Waals surface area contributed by atoms with Gasteiger partial charge >= 0.3 is 5.97 Å². The average Bonchev–Trinajstić information content (AvgIpc) is 2.47. The van der Waals surface area contributed by atoms with E-state index in [9.17, 15) is 13.6 Å². The van der Waals surface area contributed by atoms with E-state index in [1.165, 1.54) is 22.9 Å².